The third-order valence-electron chi connectivity index (χ3n) is 2.82. The molecule has 0 aliphatic carbocycles. The maximum Gasteiger partial charge on any atom is 0.251 e. The zero-order chi connectivity index (χ0) is 14.5. The fraction of sp³-hybridized carbons (Fsp3) is 0.133. The number of carbonyl (C=O) groups is 1. The van der Waals surface area contributed by atoms with Crippen molar-refractivity contribution in [2.75, 3.05) is 6.54 Å². The first-order valence-electron chi connectivity index (χ1n) is 6.07. The Labute approximate surface area is 130 Å². The summed E-state index contributed by atoms with van der Waals surface area (Å²) in [5.74, 6) is -0.414. The summed E-state index contributed by atoms with van der Waals surface area (Å²) in [4.78, 5) is 11.9. The summed E-state index contributed by atoms with van der Waals surface area (Å²) in [7, 11) is 0. The number of halogens is 2. The van der Waals surface area contributed by atoms with Gasteiger partial charge in [0.2, 0.25) is 0 Å². The van der Waals surface area contributed by atoms with Gasteiger partial charge in [-0.25, -0.2) is 4.39 Å². The van der Waals surface area contributed by atoms with E-state index in [4.69, 9.17) is 0 Å². The number of aromatic hydroxyl groups is 1. The normalized spacial score (nSPS) is 10.3. The van der Waals surface area contributed by atoms with E-state index in [-0.39, 0.29) is 17.5 Å². The molecule has 2 aromatic rings. The second kappa shape index (κ2) is 6.69. The SMILES string of the molecule is O=C(NCCc1ccc(F)cc1)c1ccc(I)c(O)c1. The van der Waals surface area contributed by atoms with E-state index in [1.54, 1.807) is 24.3 Å². The molecule has 0 aliphatic heterocycles. The number of benzene rings is 2. The topological polar surface area (TPSA) is 49.3 Å². The lowest BCUT2D eigenvalue weighted by molar-refractivity contribution is 0.0953. The second-order valence-corrected chi connectivity index (χ2v) is 5.46. The minimum Gasteiger partial charge on any atom is -0.507 e. The van der Waals surface area contributed by atoms with Crippen LogP contribution in [0.3, 0.4) is 0 Å². The molecule has 3 nitrogen and oxygen atoms in total. The van der Waals surface area contributed by atoms with Crippen LogP contribution < -0.4 is 5.32 Å². The summed E-state index contributed by atoms with van der Waals surface area (Å²) >= 11 is 1.99. The first-order valence-corrected chi connectivity index (χ1v) is 7.15. The van der Waals surface area contributed by atoms with Gasteiger partial charge in [0.15, 0.2) is 0 Å². The lowest BCUT2D eigenvalue weighted by Gasteiger charge is -2.06. The van der Waals surface area contributed by atoms with Crippen molar-refractivity contribution in [1.29, 1.82) is 0 Å². The zero-order valence-electron chi connectivity index (χ0n) is 10.6. The van der Waals surface area contributed by atoms with Crippen molar-refractivity contribution in [2.24, 2.45) is 0 Å². The number of amides is 1. The molecule has 0 saturated carbocycles. The highest BCUT2D eigenvalue weighted by atomic mass is 127. The first-order chi connectivity index (χ1) is 9.56. The minimum atomic E-state index is -0.271. The number of phenolic OH excluding ortho intramolecular Hbond substituents is 1. The van der Waals surface area contributed by atoms with E-state index in [2.05, 4.69) is 5.32 Å². The Morgan fingerprint density at radius 1 is 1.20 bits per heavy atom. The molecule has 0 aliphatic rings. The van der Waals surface area contributed by atoms with Crippen molar-refractivity contribution < 1.29 is 14.3 Å². The number of rotatable bonds is 4. The van der Waals surface area contributed by atoms with Gasteiger partial charge in [-0.1, -0.05) is 12.1 Å². The maximum absolute atomic E-state index is 12.7. The summed E-state index contributed by atoms with van der Waals surface area (Å²) < 4.78 is 13.4. The third-order valence-corrected chi connectivity index (χ3v) is 3.73. The molecule has 1 amide bonds. The summed E-state index contributed by atoms with van der Waals surface area (Å²) in [5, 5.41) is 12.3. The van der Waals surface area contributed by atoms with Gasteiger partial charge in [0.05, 0.1) is 3.57 Å². The fourth-order valence-electron chi connectivity index (χ4n) is 1.73. The van der Waals surface area contributed by atoms with Crippen LogP contribution in [-0.2, 0) is 6.42 Å². The first kappa shape index (κ1) is 14.8. The Morgan fingerprint density at radius 3 is 2.55 bits per heavy atom. The quantitative estimate of drug-likeness (QED) is 0.795. The summed E-state index contributed by atoms with van der Waals surface area (Å²) in [5.41, 5.74) is 1.37. The molecule has 104 valence electrons. The van der Waals surface area contributed by atoms with E-state index in [1.165, 1.54) is 18.2 Å². The van der Waals surface area contributed by atoms with Crippen LogP contribution in [0.15, 0.2) is 42.5 Å². The molecule has 0 radical (unpaired) electrons. The number of phenols is 1. The zero-order valence-corrected chi connectivity index (χ0v) is 12.7. The van der Waals surface area contributed by atoms with E-state index in [0.29, 0.717) is 22.1 Å². The summed E-state index contributed by atoms with van der Waals surface area (Å²) in [6, 6.07) is 11.0. The van der Waals surface area contributed by atoms with Crippen LogP contribution in [0.5, 0.6) is 5.75 Å². The molecular formula is C15H13FINO2. The van der Waals surface area contributed by atoms with Gasteiger partial charge in [-0.05, 0) is 64.9 Å². The standard InChI is InChI=1S/C15H13FINO2/c16-12-4-1-10(2-5-12)7-8-18-15(20)11-3-6-13(17)14(19)9-11/h1-6,9,19H,7-8H2,(H,18,20). The number of hydrogen-bond acceptors (Lipinski definition) is 2. The van der Waals surface area contributed by atoms with Crippen LogP contribution in [0.25, 0.3) is 0 Å². The molecule has 0 spiro atoms. The van der Waals surface area contributed by atoms with Crippen molar-refractivity contribution in [2.45, 2.75) is 6.42 Å². The van der Waals surface area contributed by atoms with Gasteiger partial charge in [0, 0.05) is 12.1 Å². The molecule has 0 heterocycles. The minimum absolute atomic E-state index is 0.0942. The average Bonchev–Trinajstić information content (AvgIpc) is 2.44. The third kappa shape index (κ3) is 3.93. The van der Waals surface area contributed by atoms with Crippen molar-refractivity contribution in [3.63, 3.8) is 0 Å². The van der Waals surface area contributed by atoms with Crippen molar-refractivity contribution in [3.05, 3.63) is 63.0 Å². The Kier molecular flexibility index (Phi) is 4.94. The molecule has 2 aromatic carbocycles. The van der Waals surface area contributed by atoms with Crippen LogP contribution in [0, 0.1) is 9.39 Å². The molecular weight excluding hydrogens is 372 g/mol. The Balaban J connectivity index is 1.88. The summed E-state index contributed by atoms with van der Waals surface area (Å²) in [6.45, 7) is 0.456. The fourth-order valence-corrected chi connectivity index (χ4v) is 2.06. The van der Waals surface area contributed by atoms with Gasteiger partial charge in [-0.15, -0.1) is 0 Å². The van der Waals surface area contributed by atoms with Gasteiger partial charge in [0.1, 0.15) is 11.6 Å². The lowest BCUT2D eigenvalue weighted by Crippen LogP contribution is -2.25. The number of hydrogen-bond donors (Lipinski definition) is 2. The van der Waals surface area contributed by atoms with E-state index >= 15 is 0 Å². The maximum atomic E-state index is 12.7. The van der Waals surface area contributed by atoms with Crippen LogP contribution >= 0.6 is 22.6 Å². The molecule has 0 fully saturated rings. The highest BCUT2D eigenvalue weighted by Gasteiger charge is 2.07. The van der Waals surface area contributed by atoms with Gasteiger partial charge < -0.3 is 10.4 Å². The van der Waals surface area contributed by atoms with E-state index in [1.807, 2.05) is 22.6 Å². The lowest BCUT2D eigenvalue weighted by atomic mass is 10.1. The number of nitrogens with one attached hydrogen (secondary N) is 1. The summed E-state index contributed by atoms with van der Waals surface area (Å²) in [6.07, 6.45) is 0.627. The average molecular weight is 385 g/mol. The number of carbonyl (C=O) groups excluding carboxylic acids is 1. The Hall–Kier alpha value is -1.63. The molecule has 0 atom stereocenters. The van der Waals surface area contributed by atoms with Crippen LogP contribution in [0.2, 0.25) is 0 Å². The van der Waals surface area contributed by atoms with E-state index in [9.17, 15) is 14.3 Å². The van der Waals surface area contributed by atoms with Crippen molar-refractivity contribution in [3.8, 4) is 5.75 Å². The predicted molar refractivity (Wildman–Crippen MR) is 83.3 cm³/mol. The van der Waals surface area contributed by atoms with Crippen molar-refractivity contribution in [1.82, 2.24) is 5.32 Å². The van der Waals surface area contributed by atoms with E-state index < -0.39 is 0 Å². The second-order valence-electron chi connectivity index (χ2n) is 4.30. The molecule has 0 saturated heterocycles. The van der Waals surface area contributed by atoms with Crippen LogP contribution in [-0.4, -0.2) is 17.6 Å². The monoisotopic (exact) mass is 385 g/mol. The van der Waals surface area contributed by atoms with Gasteiger partial charge in [-0.3, -0.25) is 4.79 Å². The predicted octanol–water partition coefficient (Wildman–Crippen LogP) is 3.11. The van der Waals surface area contributed by atoms with E-state index in [0.717, 1.165) is 5.56 Å². The largest absolute Gasteiger partial charge is 0.507 e. The van der Waals surface area contributed by atoms with Crippen molar-refractivity contribution >= 4 is 28.5 Å². The molecule has 0 aromatic heterocycles. The highest BCUT2D eigenvalue weighted by Crippen LogP contribution is 2.20. The van der Waals surface area contributed by atoms with Gasteiger partial charge in [-0.2, -0.15) is 0 Å². The molecule has 5 heteroatoms. The Bertz CT molecular complexity index is 614. The molecule has 2 rings (SSSR count). The highest BCUT2D eigenvalue weighted by molar-refractivity contribution is 14.1. The molecule has 2 N–H and O–H groups in total. The van der Waals surface area contributed by atoms with Crippen LogP contribution in [0.4, 0.5) is 4.39 Å². The Morgan fingerprint density at radius 2 is 1.90 bits per heavy atom. The van der Waals surface area contributed by atoms with Gasteiger partial charge >= 0.3 is 0 Å². The molecule has 0 unspecified atom stereocenters. The van der Waals surface area contributed by atoms with Gasteiger partial charge in [0.25, 0.3) is 5.91 Å². The molecule has 20 heavy (non-hydrogen) atoms. The molecule has 0 bridgehead atoms. The smallest absolute Gasteiger partial charge is 0.251 e. The van der Waals surface area contributed by atoms with Crippen LogP contribution in [0.1, 0.15) is 15.9 Å².